The molecule has 1 N–H and O–H groups in total. The van der Waals surface area contributed by atoms with Crippen LogP contribution in [0.5, 0.6) is 0 Å². The molecule has 39 heavy (non-hydrogen) atoms. The number of carbonyl (C=O) groups excluding carboxylic acids is 5. The summed E-state index contributed by atoms with van der Waals surface area (Å²) in [6.45, 7) is 2.84. The SMILES string of the molecule is CCOC(=O)C1(C(=O)OCC)NC2(C(=O)N(Cc3ccccc3)c3ccccc32)[C@H](C(=O)OC)[C@@H]1C(=O)OC. The van der Waals surface area contributed by atoms with Gasteiger partial charge in [0.1, 0.15) is 17.4 Å². The second kappa shape index (κ2) is 10.9. The van der Waals surface area contributed by atoms with E-state index < -0.39 is 52.7 Å². The summed E-state index contributed by atoms with van der Waals surface area (Å²) in [6.07, 6.45) is 0. The Balaban J connectivity index is 2.03. The van der Waals surface area contributed by atoms with Gasteiger partial charge in [0.15, 0.2) is 0 Å². The number of fused-ring (bicyclic) bond motifs is 2. The van der Waals surface area contributed by atoms with Crippen molar-refractivity contribution in [2.75, 3.05) is 32.3 Å². The van der Waals surface area contributed by atoms with Gasteiger partial charge in [0.05, 0.1) is 34.0 Å². The van der Waals surface area contributed by atoms with Crippen LogP contribution in [0, 0.1) is 11.8 Å². The van der Waals surface area contributed by atoms with E-state index in [4.69, 9.17) is 18.9 Å². The average Bonchev–Trinajstić information content (AvgIpc) is 3.40. The number of benzene rings is 2. The topological polar surface area (TPSA) is 138 Å². The van der Waals surface area contributed by atoms with E-state index in [1.165, 1.54) is 18.7 Å². The van der Waals surface area contributed by atoms with Crippen molar-refractivity contribution in [3.8, 4) is 0 Å². The van der Waals surface area contributed by atoms with E-state index >= 15 is 0 Å². The molecule has 0 aromatic heterocycles. The fraction of sp³-hybridized carbons (Fsp3) is 0.393. The second-order valence-corrected chi connectivity index (χ2v) is 9.08. The van der Waals surface area contributed by atoms with Crippen molar-refractivity contribution >= 4 is 35.5 Å². The van der Waals surface area contributed by atoms with Crippen molar-refractivity contribution < 1.29 is 42.9 Å². The molecule has 1 amide bonds. The molecule has 11 heteroatoms. The van der Waals surface area contributed by atoms with E-state index in [1.54, 1.807) is 24.3 Å². The highest BCUT2D eigenvalue weighted by Crippen LogP contribution is 2.56. The third-order valence-electron chi connectivity index (χ3n) is 7.15. The number of hydrogen-bond donors (Lipinski definition) is 1. The first-order valence-electron chi connectivity index (χ1n) is 12.5. The van der Waals surface area contributed by atoms with Gasteiger partial charge < -0.3 is 23.8 Å². The van der Waals surface area contributed by atoms with Crippen molar-refractivity contribution in [2.24, 2.45) is 11.8 Å². The Morgan fingerprint density at radius 2 is 1.36 bits per heavy atom. The Morgan fingerprint density at radius 3 is 1.92 bits per heavy atom. The van der Waals surface area contributed by atoms with Gasteiger partial charge in [-0.25, -0.2) is 9.59 Å². The van der Waals surface area contributed by atoms with Gasteiger partial charge in [0.25, 0.3) is 5.91 Å². The summed E-state index contributed by atoms with van der Waals surface area (Å²) in [5.41, 5.74) is -3.16. The number of anilines is 1. The lowest BCUT2D eigenvalue weighted by Crippen LogP contribution is -2.65. The van der Waals surface area contributed by atoms with E-state index in [0.29, 0.717) is 5.69 Å². The lowest BCUT2D eigenvalue weighted by Gasteiger charge is -2.31. The molecule has 3 atom stereocenters. The molecule has 2 aromatic carbocycles. The summed E-state index contributed by atoms with van der Waals surface area (Å²) in [5.74, 6) is -8.68. The highest BCUT2D eigenvalue weighted by atomic mass is 16.6. The fourth-order valence-corrected chi connectivity index (χ4v) is 5.60. The fourth-order valence-electron chi connectivity index (χ4n) is 5.60. The molecule has 0 saturated carbocycles. The third kappa shape index (κ3) is 4.13. The third-order valence-corrected chi connectivity index (χ3v) is 7.15. The number of esters is 4. The Morgan fingerprint density at radius 1 is 0.821 bits per heavy atom. The number of rotatable bonds is 8. The van der Waals surface area contributed by atoms with Crippen LogP contribution in [0.2, 0.25) is 0 Å². The molecule has 2 heterocycles. The first-order valence-corrected chi connectivity index (χ1v) is 12.5. The number of para-hydroxylation sites is 1. The van der Waals surface area contributed by atoms with Gasteiger partial charge in [-0.1, -0.05) is 48.5 Å². The molecule has 2 aliphatic heterocycles. The predicted molar refractivity (Wildman–Crippen MR) is 136 cm³/mol. The molecule has 1 spiro atoms. The van der Waals surface area contributed by atoms with Crippen molar-refractivity contribution in [2.45, 2.75) is 31.5 Å². The Bertz CT molecular complexity index is 1280. The molecule has 11 nitrogen and oxygen atoms in total. The second-order valence-electron chi connectivity index (χ2n) is 9.08. The quantitative estimate of drug-likeness (QED) is 0.299. The van der Waals surface area contributed by atoms with Crippen LogP contribution >= 0.6 is 0 Å². The molecule has 2 aromatic rings. The van der Waals surface area contributed by atoms with Gasteiger partial charge in [-0.05, 0) is 25.5 Å². The van der Waals surface area contributed by atoms with Crippen LogP contribution in [0.15, 0.2) is 54.6 Å². The maximum Gasteiger partial charge on any atom is 0.339 e. The van der Waals surface area contributed by atoms with Crippen LogP contribution in [-0.2, 0) is 55.0 Å². The summed E-state index contributed by atoms with van der Waals surface area (Å²) in [7, 11) is 2.14. The normalized spacial score (nSPS) is 22.8. The maximum atomic E-state index is 14.5. The van der Waals surface area contributed by atoms with Gasteiger partial charge in [0.2, 0.25) is 5.54 Å². The summed E-state index contributed by atoms with van der Waals surface area (Å²) in [4.78, 5) is 70.2. The molecule has 0 bridgehead atoms. The minimum Gasteiger partial charge on any atom is -0.469 e. The maximum absolute atomic E-state index is 14.5. The summed E-state index contributed by atoms with van der Waals surface area (Å²) in [6, 6.07) is 15.8. The smallest absolute Gasteiger partial charge is 0.339 e. The average molecular weight is 539 g/mol. The minimum atomic E-state index is -2.59. The number of carbonyl (C=O) groups is 5. The molecule has 2 aliphatic rings. The van der Waals surface area contributed by atoms with Gasteiger partial charge in [0, 0.05) is 11.3 Å². The van der Waals surface area contributed by atoms with Crippen molar-refractivity contribution in [3.05, 3.63) is 65.7 Å². The monoisotopic (exact) mass is 538 g/mol. The largest absolute Gasteiger partial charge is 0.469 e. The molecule has 1 saturated heterocycles. The Labute approximate surface area is 225 Å². The number of methoxy groups -OCH3 is 2. The van der Waals surface area contributed by atoms with Crippen molar-refractivity contribution in [1.82, 2.24) is 5.32 Å². The van der Waals surface area contributed by atoms with Gasteiger partial charge in [-0.15, -0.1) is 0 Å². The standard InChI is InChI=1S/C28H30N2O9/c1-5-38-25(34)28(26(35)39-6-2)21(23(32)37-4)20(22(31)36-3)27(29-28)18-14-10-11-15-19(18)30(24(27)33)16-17-12-8-7-9-13-17/h7-15,20-21,29H,5-6,16H2,1-4H3/t20-,21+,27?/m0/s1. The molecule has 0 aliphatic carbocycles. The lowest BCUT2D eigenvalue weighted by molar-refractivity contribution is -0.175. The zero-order valence-corrected chi connectivity index (χ0v) is 22.1. The zero-order valence-electron chi connectivity index (χ0n) is 22.1. The van der Waals surface area contributed by atoms with Crippen LogP contribution in [0.25, 0.3) is 0 Å². The van der Waals surface area contributed by atoms with Gasteiger partial charge in [-0.3, -0.25) is 19.7 Å². The molecule has 1 fully saturated rings. The van der Waals surface area contributed by atoms with Crippen molar-refractivity contribution in [1.29, 1.82) is 0 Å². The van der Waals surface area contributed by atoms with Crippen LogP contribution in [-0.4, -0.2) is 62.8 Å². The van der Waals surface area contributed by atoms with Crippen LogP contribution < -0.4 is 10.2 Å². The molecule has 206 valence electrons. The number of amides is 1. The highest BCUT2D eigenvalue weighted by molar-refractivity contribution is 6.17. The first-order chi connectivity index (χ1) is 18.7. The number of ether oxygens (including phenoxy) is 4. The first kappa shape index (κ1) is 27.8. The summed E-state index contributed by atoms with van der Waals surface area (Å²) >= 11 is 0. The van der Waals surface area contributed by atoms with Gasteiger partial charge >= 0.3 is 23.9 Å². The molecular weight excluding hydrogens is 508 g/mol. The van der Waals surface area contributed by atoms with Gasteiger partial charge in [-0.2, -0.15) is 0 Å². The molecule has 1 unspecified atom stereocenters. The predicted octanol–water partition coefficient (Wildman–Crippen LogP) is 1.48. The highest BCUT2D eigenvalue weighted by Gasteiger charge is 2.78. The minimum absolute atomic E-state index is 0.114. The number of nitrogens with zero attached hydrogens (tertiary/aromatic N) is 1. The summed E-state index contributed by atoms with van der Waals surface area (Å²) < 4.78 is 20.6. The number of nitrogens with one attached hydrogen (secondary N) is 1. The van der Waals surface area contributed by atoms with E-state index in [9.17, 15) is 24.0 Å². The van der Waals surface area contributed by atoms with E-state index in [2.05, 4.69) is 5.32 Å². The number of hydrogen-bond acceptors (Lipinski definition) is 10. The summed E-state index contributed by atoms with van der Waals surface area (Å²) in [5, 5.41) is 2.86. The Kier molecular flexibility index (Phi) is 7.73. The lowest BCUT2D eigenvalue weighted by atomic mass is 9.72. The van der Waals surface area contributed by atoms with Crippen molar-refractivity contribution in [3.63, 3.8) is 0 Å². The molecular formula is C28H30N2O9. The van der Waals surface area contributed by atoms with Crippen LogP contribution in [0.4, 0.5) is 5.69 Å². The van der Waals surface area contributed by atoms with Crippen LogP contribution in [0.1, 0.15) is 25.0 Å². The zero-order chi connectivity index (χ0) is 28.4. The van der Waals surface area contributed by atoms with E-state index in [-0.39, 0.29) is 25.3 Å². The Hall–Kier alpha value is -4.25. The molecule has 0 radical (unpaired) electrons. The van der Waals surface area contributed by atoms with E-state index in [0.717, 1.165) is 19.8 Å². The molecule has 4 rings (SSSR count). The van der Waals surface area contributed by atoms with Crippen LogP contribution in [0.3, 0.4) is 0 Å². The van der Waals surface area contributed by atoms with E-state index in [1.807, 2.05) is 30.3 Å².